The third kappa shape index (κ3) is 2.28. The van der Waals surface area contributed by atoms with Crippen LogP contribution in [0.15, 0.2) is 24.3 Å². The van der Waals surface area contributed by atoms with Gasteiger partial charge < -0.3 is 10.8 Å². The molecule has 1 aromatic carbocycles. The third-order valence-electron chi connectivity index (χ3n) is 1.92. The van der Waals surface area contributed by atoms with Gasteiger partial charge in [0.2, 0.25) is 0 Å². The highest BCUT2D eigenvalue weighted by atomic mass is 16.3. The zero-order chi connectivity index (χ0) is 9.68. The second-order valence-corrected chi connectivity index (χ2v) is 2.82. The summed E-state index contributed by atoms with van der Waals surface area (Å²) in [5, 5.41) is 17.4. The molecular formula is C10H12N2O. The van der Waals surface area contributed by atoms with Gasteiger partial charge in [0, 0.05) is 0 Å². The van der Waals surface area contributed by atoms with Crippen LogP contribution >= 0.6 is 0 Å². The molecule has 0 bridgehead atoms. The summed E-state index contributed by atoms with van der Waals surface area (Å²) in [5.74, 6) is 0. The summed E-state index contributed by atoms with van der Waals surface area (Å²) in [5.41, 5.74) is 7.41. The number of nitrogens with two attached hydrogens (primary N) is 1. The van der Waals surface area contributed by atoms with Crippen molar-refractivity contribution in [2.24, 2.45) is 5.73 Å². The Kier molecular flexibility index (Phi) is 3.44. The molecule has 3 heteroatoms. The lowest BCUT2D eigenvalue weighted by molar-refractivity contribution is 0.267. The lowest BCUT2D eigenvalue weighted by Gasteiger charge is -2.11. The predicted octanol–water partition coefficient (Wildman–Crippen LogP) is 0.745. The van der Waals surface area contributed by atoms with Gasteiger partial charge in [-0.15, -0.1) is 0 Å². The molecule has 1 rings (SSSR count). The van der Waals surface area contributed by atoms with Crippen molar-refractivity contribution in [1.82, 2.24) is 0 Å². The molecule has 13 heavy (non-hydrogen) atoms. The molecule has 0 saturated heterocycles. The maximum atomic E-state index is 8.87. The van der Waals surface area contributed by atoms with E-state index in [1.807, 2.05) is 24.3 Å². The maximum absolute atomic E-state index is 8.87. The molecule has 0 fully saturated rings. The summed E-state index contributed by atoms with van der Waals surface area (Å²) in [7, 11) is 0. The minimum absolute atomic E-state index is 0.0948. The van der Waals surface area contributed by atoms with Crippen molar-refractivity contribution < 1.29 is 5.11 Å². The van der Waals surface area contributed by atoms with Gasteiger partial charge in [-0.05, 0) is 11.1 Å². The van der Waals surface area contributed by atoms with Crippen molar-refractivity contribution in [3.05, 3.63) is 35.4 Å². The molecule has 1 aromatic rings. The Hall–Kier alpha value is -1.37. The molecule has 68 valence electrons. The fraction of sp³-hybridized carbons (Fsp3) is 0.300. The highest BCUT2D eigenvalue weighted by Crippen LogP contribution is 2.15. The molecule has 3 N–H and O–H groups in total. The first-order valence-electron chi connectivity index (χ1n) is 4.10. The van der Waals surface area contributed by atoms with Crippen LogP contribution < -0.4 is 5.73 Å². The van der Waals surface area contributed by atoms with Gasteiger partial charge in [-0.3, -0.25) is 0 Å². The fourth-order valence-corrected chi connectivity index (χ4v) is 1.24. The average Bonchev–Trinajstić information content (AvgIpc) is 2.18. The quantitative estimate of drug-likeness (QED) is 0.713. The summed E-state index contributed by atoms with van der Waals surface area (Å²) in [6, 6.07) is 9.09. The molecule has 0 aliphatic heterocycles. The molecule has 0 amide bonds. The molecule has 3 nitrogen and oxygen atoms in total. The van der Waals surface area contributed by atoms with Crippen LogP contribution in [0.5, 0.6) is 0 Å². The minimum Gasteiger partial charge on any atom is -0.394 e. The van der Waals surface area contributed by atoms with E-state index in [1.165, 1.54) is 0 Å². The smallest absolute Gasteiger partial charge is 0.0669 e. The number of hydrogen-bond acceptors (Lipinski definition) is 3. The van der Waals surface area contributed by atoms with Crippen molar-refractivity contribution in [3.8, 4) is 6.07 Å². The van der Waals surface area contributed by atoms with Crippen LogP contribution in [0.3, 0.4) is 0 Å². The predicted molar refractivity (Wildman–Crippen MR) is 49.8 cm³/mol. The molecular weight excluding hydrogens is 164 g/mol. The van der Waals surface area contributed by atoms with Crippen molar-refractivity contribution >= 4 is 0 Å². The molecule has 0 heterocycles. The Morgan fingerprint density at radius 3 is 2.77 bits per heavy atom. The van der Waals surface area contributed by atoms with E-state index in [0.29, 0.717) is 6.42 Å². The molecule has 0 radical (unpaired) electrons. The molecule has 0 aliphatic carbocycles. The normalized spacial score (nSPS) is 12.1. The molecule has 1 atom stereocenters. The van der Waals surface area contributed by atoms with Crippen molar-refractivity contribution in [3.63, 3.8) is 0 Å². The van der Waals surface area contributed by atoms with E-state index in [9.17, 15) is 0 Å². The van der Waals surface area contributed by atoms with Crippen LogP contribution in [0.1, 0.15) is 17.2 Å². The monoisotopic (exact) mass is 176 g/mol. The molecule has 0 aliphatic rings. The van der Waals surface area contributed by atoms with E-state index in [4.69, 9.17) is 16.1 Å². The lowest BCUT2D eigenvalue weighted by Crippen LogP contribution is -2.16. The summed E-state index contributed by atoms with van der Waals surface area (Å²) in [6.45, 7) is -0.0948. The molecule has 0 unspecified atom stereocenters. The zero-order valence-electron chi connectivity index (χ0n) is 7.27. The Labute approximate surface area is 77.4 Å². The summed E-state index contributed by atoms with van der Waals surface area (Å²) in [4.78, 5) is 0. The Bertz CT molecular complexity index is 317. The first kappa shape index (κ1) is 9.72. The van der Waals surface area contributed by atoms with E-state index in [0.717, 1.165) is 11.1 Å². The number of hydrogen-bond donors (Lipinski definition) is 2. The van der Waals surface area contributed by atoms with Crippen molar-refractivity contribution in [2.75, 3.05) is 6.61 Å². The van der Waals surface area contributed by atoms with E-state index >= 15 is 0 Å². The van der Waals surface area contributed by atoms with Crippen LogP contribution in [0.2, 0.25) is 0 Å². The highest BCUT2D eigenvalue weighted by molar-refractivity contribution is 5.31. The largest absolute Gasteiger partial charge is 0.394 e. The second kappa shape index (κ2) is 4.61. The van der Waals surface area contributed by atoms with Crippen molar-refractivity contribution in [2.45, 2.75) is 12.5 Å². The first-order valence-corrected chi connectivity index (χ1v) is 4.10. The van der Waals surface area contributed by atoms with Gasteiger partial charge in [-0.1, -0.05) is 24.3 Å². The van der Waals surface area contributed by atoms with E-state index in [1.54, 1.807) is 0 Å². The zero-order valence-corrected chi connectivity index (χ0v) is 7.27. The Balaban J connectivity index is 2.98. The summed E-state index contributed by atoms with van der Waals surface area (Å²) in [6.07, 6.45) is 0.337. The fourth-order valence-electron chi connectivity index (χ4n) is 1.24. The lowest BCUT2D eigenvalue weighted by atomic mass is 10.00. The van der Waals surface area contributed by atoms with E-state index < -0.39 is 0 Å². The average molecular weight is 176 g/mol. The van der Waals surface area contributed by atoms with Gasteiger partial charge in [-0.2, -0.15) is 5.26 Å². The van der Waals surface area contributed by atoms with Gasteiger partial charge >= 0.3 is 0 Å². The van der Waals surface area contributed by atoms with Crippen LogP contribution in [-0.2, 0) is 6.42 Å². The number of rotatable bonds is 3. The highest BCUT2D eigenvalue weighted by Gasteiger charge is 2.08. The van der Waals surface area contributed by atoms with Crippen molar-refractivity contribution in [1.29, 1.82) is 5.26 Å². The number of nitrogens with zero attached hydrogens (tertiary/aromatic N) is 1. The number of aliphatic hydroxyl groups excluding tert-OH is 1. The minimum atomic E-state index is -0.385. The van der Waals surface area contributed by atoms with Gasteiger partial charge in [-0.25, -0.2) is 0 Å². The standard InChI is InChI=1S/C10H12N2O/c11-6-5-8-3-1-2-4-9(8)10(12)7-13/h1-4,10,13H,5,7,12H2/t10-/m0/s1. The summed E-state index contributed by atoms with van der Waals surface area (Å²) >= 11 is 0. The second-order valence-electron chi connectivity index (χ2n) is 2.82. The third-order valence-corrected chi connectivity index (χ3v) is 1.92. The first-order chi connectivity index (χ1) is 6.29. The van der Waals surface area contributed by atoms with Gasteiger partial charge in [0.1, 0.15) is 0 Å². The Morgan fingerprint density at radius 1 is 1.46 bits per heavy atom. The molecule has 0 spiro atoms. The molecule has 0 saturated carbocycles. The van der Waals surface area contributed by atoms with E-state index in [2.05, 4.69) is 6.07 Å². The SMILES string of the molecule is N#CCc1ccccc1[C@@H](N)CO. The van der Waals surface area contributed by atoms with Gasteiger partial charge in [0.15, 0.2) is 0 Å². The number of nitriles is 1. The molecule has 0 aromatic heterocycles. The number of aliphatic hydroxyl groups is 1. The van der Waals surface area contributed by atoms with Gasteiger partial charge in [0.05, 0.1) is 25.1 Å². The van der Waals surface area contributed by atoms with Crippen LogP contribution in [0.25, 0.3) is 0 Å². The Morgan fingerprint density at radius 2 is 2.15 bits per heavy atom. The van der Waals surface area contributed by atoms with Gasteiger partial charge in [0.25, 0.3) is 0 Å². The van der Waals surface area contributed by atoms with Crippen LogP contribution in [0, 0.1) is 11.3 Å². The maximum Gasteiger partial charge on any atom is 0.0669 e. The number of benzene rings is 1. The van der Waals surface area contributed by atoms with Crippen LogP contribution in [-0.4, -0.2) is 11.7 Å². The topological polar surface area (TPSA) is 70.0 Å². The summed E-state index contributed by atoms with van der Waals surface area (Å²) < 4.78 is 0. The van der Waals surface area contributed by atoms with E-state index in [-0.39, 0.29) is 12.6 Å². The van der Waals surface area contributed by atoms with Crippen LogP contribution in [0.4, 0.5) is 0 Å².